The Balaban J connectivity index is 2.29. The zero-order valence-corrected chi connectivity index (χ0v) is 14.2. The summed E-state index contributed by atoms with van der Waals surface area (Å²) >= 11 is 0. The van der Waals surface area contributed by atoms with Crippen molar-refractivity contribution >= 4 is 24.4 Å². The first-order valence-corrected chi connectivity index (χ1v) is 7.48. The van der Waals surface area contributed by atoms with Gasteiger partial charge in [-0.15, -0.1) is 0 Å². The molecular formula is C18H19BO6. The smallest absolute Gasteiger partial charge is 0.488 e. The average Bonchev–Trinajstić information content (AvgIpc) is 2.64. The maximum absolute atomic E-state index is 12.3. The second kappa shape index (κ2) is 8.37. The number of ketones is 1. The van der Waals surface area contributed by atoms with Crippen LogP contribution in [0.25, 0.3) is 6.08 Å². The molecule has 0 atom stereocenters. The first-order chi connectivity index (χ1) is 12.0. The molecule has 2 rings (SSSR count). The molecular weight excluding hydrogens is 323 g/mol. The van der Waals surface area contributed by atoms with Crippen LogP contribution in [-0.4, -0.2) is 44.3 Å². The van der Waals surface area contributed by atoms with Crippen LogP contribution in [0, 0.1) is 0 Å². The van der Waals surface area contributed by atoms with E-state index < -0.39 is 7.12 Å². The molecule has 130 valence electrons. The molecule has 0 bridgehead atoms. The molecule has 25 heavy (non-hydrogen) atoms. The average molecular weight is 342 g/mol. The number of hydrogen-bond donors (Lipinski definition) is 2. The summed E-state index contributed by atoms with van der Waals surface area (Å²) in [5.74, 6) is 1.17. The van der Waals surface area contributed by atoms with Gasteiger partial charge in [0.15, 0.2) is 17.3 Å². The number of carbonyl (C=O) groups excluding carboxylic acids is 1. The van der Waals surface area contributed by atoms with Crippen LogP contribution in [0.4, 0.5) is 0 Å². The van der Waals surface area contributed by atoms with Crippen molar-refractivity contribution in [3.8, 4) is 17.2 Å². The van der Waals surface area contributed by atoms with Crippen molar-refractivity contribution in [1.82, 2.24) is 0 Å². The van der Waals surface area contributed by atoms with Crippen LogP contribution < -0.4 is 19.7 Å². The molecule has 6 nitrogen and oxygen atoms in total. The highest BCUT2D eigenvalue weighted by atomic mass is 16.5. The SMILES string of the molecule is COc1cc(C=CC(=O)c2cccc(B(O)O)c2)cc(OC)c1OC. The fourth-order valence-electron chi connectivity index (χ4n) is 2.32. The normalized spacial score (nSPS) is 10.6. The molecule has 0 fully saturated rings. The molecule has 0 radical (unpaired) electrons. The Morgan fingerprint density at radius 2 is 1.64 bits per heavy atom. The molecule has 0 saturated carbocycles. The zero-order valence-electron chi connectivity index (χ0n) is 14.2. The van der Waals surface area contributed by atoms with Gasteiger partial charge < -0.3 is 24.3 Å². The van der Waals surface area contributed by atoms with Gasteiger partial charge in [0, 0.05) is 5.56 Å². The molecule has 0 aliphatic rings. The summed E-state index contributed by atoms with van der Waals surface area (Å²) in [5, 5.41) is 18.4. The van der Waals surface area contributed by atoms with Crippen molar-refractivity contribution in [2.24, 2.45) is 0 Å². The second-order valence-electron chi connectivity index (χ2n) is 5.16. The Morgan fingerprint density at radius 3 is 2.16 bits per heavy atom. The van der Waals surface area contributed by atoms with Crippen molar-refractivity contribution in [2.75, 3.05) is 21.3 Å². The molecule has 2 aromatic carbocycles. The van der Waals surface area contributed by atoms with E-state index in [1.807, 2.05) is 0 Å². The maximum Gasteiger partial charge on any atom is 0.488 e. The van der Waals surface area contributed by atoms with Crippen LogP contribution in [0.3, 0.4) is 0 Å². The molecule has 2 N–H and O–H groups in total. The first kappa shape index (κ1) is 18.6. The highest BCUT2D eigenvalue weighted by Gasteiger charge is 2.14. The lowest BCUT2D eigenvalue weighted by Gasteiger charge is -2.12. The highest BCUT2D eigenvalue weighted by Crippen LogP contribution is 2.38. The molecule has 0 aromatic heterocycles. The Labute approximate surface area is 146 Å². The van der Waals surface area contributed by atoms with Gasteiger partial charge in [-0.2, -0.15) is 0 Å². The summed E-state index contributed by atoms with van der Waals surface area (Å²) < 4.78 is 15.8. The lowest BCUT2D eigenvalue weighted by Crippen LogP contribution is -2.30. The van der Waals surface area contributed by atoms with Crippen LogP contribution in [-0.2, 0) is 0 Å². The Bertz CT molecular complexity index is 760. The molecule has 0 heterocycles. The summed E-state index contributed by atoms with van der Waals surface area (Å²) in [6.45, 7) is 0. The van der Waals surface area contributed by atoms with Gasteiger partial charge in [0.25, 0.3) is 0 Å². The summed E-state index contributed by atoms with van der Waals surface area (Å²) in [6, 6.07) is 9.61. The van der Waals surface area contributed by atoms with Gasteiger partial charge in [-0.1, -0.05) is 30.3 Å². The molecule has 7 heteroatoms. The van der Waals surface area contributed by atoms with Crippen molar-refractivity contribution in [2.45, 2.75) is 0 Å². The van der Waals surface area contributed by atoms with E-state index in [4.69, 9.17) is 14.2 Å². The Hall–Kier alpha value is -2.77. The van der Waals surface area contributed by atoms with Crippen molar-refractivity contribution in [3.05, 3.63) is 53.6 Å². The van der Waals surface area contributed by atoms with E-state index in [1.165, 1.54) is 39.5 Å². The minimum absolute atomic E-state index is 0.257. The van der Waals surface area contributed by atoms with Crippen LogP contribution >= 0.6 is 0 Å². The predicted molar refractivity (Wildman–Crippen MR) is 95.7 cm³/mol. The quantitative estimate of drug-likeness (QED) is 0.448. The molecule has 0 amide bonds. The minimum atomic E-state index is -1.62. The summed E-state index contributed by atoms with van der Waals surface area (Å²) in [5.41, 5.74) is 1.31. The zero-order chi connectivity index (χ0) is 18.4. The number of methoxy groups -OCH3 is 3. The second-order valence-corrected chi connectivity index (χ2v) is 5.16. The third-order valence-electron chi connectivity index (χ3n) is 3.58. The van der Waals surface area contributed by atoms with E-state index >= 15 is 0 Å². The van der Waals surface area contributed by atoms with Gasteiger partial charge in [-0.25, -0.2) is 0 Å². The summed E-state index contributed by atoms with van der Waals surface area (Å²) in [7, 11) is 2.93. The van der Waals surface area contributed by atoms with E-state index in [9.17, 15) is 14.8 Å². The van der Waals surface area contributed by atoms with Crippen molar-refractivity contribution < 1.29 is 29.1 Å². The van der Waals surface area contributed by atoms with Gasteiger partial charge in [-0.05, 0) is 29.2 Å². The fourth-order valence-corrected chi connectivity index (χ4v) is 2.32. The molecule has 0 unspecified atom stereocenters. The molecule has 0 saturated heterocycles. The first-order valence-electron chi connectivity index (χ1n) is 7.48. The monoisotopic (exact) mass is 342 g/mol. The van der Waals surface area contributed by atoms with Gasteiger partial charge in [0.2, 0.25) is 5.75 Å². The largest absolute Gasteiger partial charge is 0.493 e. The molecule has 0 aliphatic carbocycles. The third-order valence-corrected chi connectivity index (χ3v) is 3.58. The van der Waals surface area contributed by atoms with Gasteiger partial charge in [-0.3, -0.25) is 4.79 Å². The van der Waals surface area contributed by atoms with Crippen LogP contribution in [0.1, 0.15) is 15.9 Å². The standard InChI is InChI=1S/C18H19BO6/c1-23-16-9-12(10-17(24-2)18(16)25-3)7-8-15(20)13-5-4-6-14(11-13)19(21)22/h4-11,21-22H,1-3H3. The summed E-state index contributed by atoms with van der Waals surface area (Å²) in [6.07, 6.45) is 3.01. The van der Waals surface area contributed by atoms with Gasteiger partial charge >= 0.3 is 7.12 Å². The lowest BCUT2D eigenvalue weighted by atomic mass is 9.79. The number of rotatable bonds is 7. The van der Waals surface area contributed by atoms with E-state index in [2.05, 4.69) is 0 Å². The van der Waals surface area contributed by atoms with Crippen molar-refractivity contribution in [3.63, 3.8) is 0 Å². The fraction of sp³-hybridized carbons (Fsp3) is 0.167. The van der Waals surface area contributed by atoms with E-state index in [0.717, 1.165) is 0 Å². The summed E-state index contributed by atoms with van der Waals surface area (Å²) in [4.78, 5) is 12.3. The third kappa shape index (κ3) is 4.40. The van der Waals surface area contributed by atoms with Crippen LogP contribution in [0.15, 0.2) is 42.5 Å². The maximum atomic E-state index is 12.3. The van der Waals surface area contributed by atoms with Crippen molar-refractivity contribution in [1.29, 1.82) is 0 Å². The van der Waals surface area contributed by atoms with Gasteiger partial charge in [0.05, 0.1) is 21.3 Å². The number of hydrogen-bond acceptors (Lipinski definition) is 6. The van der Waals surface area contributed by atoms with E-state index in [-0.39, 0.29) is 11.2 Å². The number of benzene rings is 2. The number of carbonyl (C=O) groups is 1. The highest BCUT2D eigenvalue weighted by molar-refractivity contribution is 6.58. The Kier molecular flexibility index (Phi) is 6.22. The number of allylic oxidation sites excluding steroid dienone is 1. The number of ether oxygens (including phenoxy) is 3. The Morgan fingerprint density at radius 1 is 1.00 bits per heavy atom. The van der Waals surface area contributed by atoms with E-state index in [1.54, 1.807) is 30.3 Å². The lowest BCUT2D eigenvalue weighted by molar-refractivity contribution is 0.104. The van der Waals surface area contributed by atoms with Crippen LogP contribution in [0.2, 0.25) is 0 Å². The topological polar surface area (TPSA) is 85.2 Å². The van der Waals surface area contributed by atoms with Gasteiger partial charge in [0.1, 0.15) is 0 Å². The molecule has 2 aromatic rings. The predicted octanol–water partition coefficient (Wildman–Crippen LogP) is 1.29. The molecule has 0 aliphatic heterocycles. The van der Waals surface area contributed by atoms with E-state index in [0.29, 0.717) is 28.4 Å². The molecule has 0 spiro atoms. The minimum Gasteiger partial charge on any atom is -0.493 e. The van der Waals surface area contributed by atoms with Crippen LogP contribution in [0.5, 0.6) is 17.2 Å².